The topological polar surface area (TPSA) is 36.9 Å². The number of hydrogen-bond donors (Lipinski definition) is 0. The van der Waals surface area contributed by atoms with E-state index in [1.54, 1.807) is 21.3 Å². The Bertz CT molecular complexity index is 126. The third-order valence-electron chi connectivity index (χ3n) is 2.35. The summed E-state index contributed by atoms with van der Waals surface area (Å²) in [4.78, 5) is 0. The Hall–Kier alpha value is -0.160. The highest BCUT2D eigenvalue weighted by molar-refractivity contribution is 4.55. The average molecular weight is 220 g/mol. The summed E-state index contributed by atoms with van der Waals surface area (Å²) in [5.41, 5.74) is 0. The van der Waals surface area contributed by atoms with E-state index in [4.69, 9.17) is 18.9 Å². The van der Waals surface area contributed by atoms with E-state index < -0.39 is 5.97 Å². The van der Waals surface area contributed by atoms with Crippen molar-refractivity contribution in [2.45, 2.75) is 38.6 Å². The van der Waals surface area contributed by atoms with Crippen molar-refractivity contribution in [3.8, 4) is 0 Å². The van der Waals surface area contributed by atoms with Crippen LogP contribution in [0.15, 0.2) is 0 Å². The van der Waals surface area contributed by atoms with Crippen LogP contribution in [0.25, 0.3) is 0 Å². The van der Waals surface area contributed by atoms with E-state index in [0.717, 1.165) is 32.5 Å². The van der Waals surface area contributed by atoms with Crippen LogP contribution in [0.3, 0.4) is 0 Å². The quantitative estimate of drug-likeness (QED) is 0.417. The zero-order chi connectivity index (χ0) is 11.6. The van der Waals surface area contributed by atoms with Gasteiger partial charge in [0.1, 0.15) is 0 Å². The summed E-state index contributed by atoms with van der Waals surface area (Å²) in [6.07, 6.45) is 3.81. The molecular formula is C11H24O4. The molecule has 0 aromatic rings. The van der Waals surface area contributed by atoms with E-state index in [2.05, 4.69) is 6.92 Å². The molecule has 4 nitrogen and oxygen atoms in total. The van der Waals surface area contributed by atoms with Gasteiger partial charge in [-0.1, -0.05) is 13.3 Å². The van der Waals surface area contributed by atoms with Gasteiger partial charge in [0.25, 0.3) is 5.97 Å². The molecule has 0 N–H and O–H groups in total. The van der Waals surface area contributed by atoms with Gasteiger partial charge in [0.15, 0.2) is 0 Å². The van der Waals surface area contributed by atoms with Crippen LogP contribution in [0.2, 0.25) is 0 Å². The molecule has 0 aromatic carbocycles. The van der Waals surface area contributed by atoms with E-state index >= 15 is 0 Å². The molecule has 0 saturated carbocycles. The van der Waals surface area contributed by atoms with Crippen molar-refractivity contribution >= 4 is 0 Å². The van der Waals surface area contributed by atoms with Gasteiger partial charge >= 0.3 is 0 Å². The van der Waals surface area contributed by atoms with Crippen LogP contribution in [-0.4, -0.2) is 40.5 Å². The molecule has 0 aliphatic carbocycles. The molecule has 92 valence electrons. The van der Waals surface area contributed by atoms with Gasteiger partial charge in [0, 0.05) is 41.0 Å². The normalized spacial score (nSPS) is 12.0. The fraction of sp³-hybridized carbons (Fsp3) is 1.00. The standard InChI is InChI=1S/C11H24O4/c1-5-6-9-15-10-7-8-11(12-2,13-3)14-4/h5-10H2,1-4H3. The molecule has 0 saturated heterocycles. The van der Waals surface area contributed by atoms with Gasteiger partial charge in [0.05, 0.1) is 0 Å². The number of hydrogen-bond acceptors (Lipinski definition) is 4. The highest BCUT2D eigenvalue weighted by Gasteiger charge is 2.28. The number of methoxy groups -OCH3 is 3. The molecule has 0 aromatic heterocycles. The van der Waals surface area contributed by atoms with Crippen LogP contribution in [-0.2, 0) is 18.9 Å². The van der Waals surface area contributed by atoms with Crippen molar-refractivity contribution < 1.29 is 18.9 Å². The molecule has 0 bridgehead atoms. The van der Waals surface area contributed by atoms with Crippen LogP contribution >= 0.6 is 0 Å². The van der Waals surface area contributed by atoms with Crippen molar-refractivity contribution in [2.75, 3.05) is 34.5 Å². The third kappa shape index (κ3) is 6.10. The van der Waals surface area contributed by atoms with Crippen LogP contribution in [0.5, 0.6) is 0 Å². The van der Waals surface area contributed by atoms with Crippen LogP contribution < -0.4 is 0 Å². The Labute approximate surface area is 92.8 Å². The molecule has 0 atom stereocenters. The molecule has 0 spiro atoms. The van der Waals surface area contributed by atoms with E-state index in [-0.39, 0.29) is 0 Å². The lowest BCUT2D eigenvalue weighted by molar-refractivity contribution is -0.355. The first-order valence-corrected chi connectivity index (χ1v) is 5.48. The molecule has 15 heavy (non-hydrogen) atoms. The van der Waals surface area contributed by atoms with Crippen molar-refractivity contribution in [3.05, 3.63) is 0 Å². The second kappa shape index (κ2) is 9.09. The molecular weight excluding hydrogens is 196 g/mol. The van der Waals surface area contributed by atoms with Gasteiger partial charge in [-0.15, -0.1) is 0 Å². The maximum absolute atomic E-state index is 5.44. The predicted octanol–water partition coefficient (Wildman–Crippen LogP) is 2.18. The molecule has 0 fully saturated rings. The number of rotatable bonds is 10. The van der Waals surface area contributed by atoms with Gasteiger partial charge < -0.3 is 18.9 Å². The third-order valence-corrected chi connectivity index (χ3v) is 2.35. The lowest BCUT2D eigenvalue weighted by Crippen LogP contribution is -2.36. The zero-order valence-corrected chi connectivity index (χ0v) is 10.4. The summed E-state index contributed by atoms with van der Waals surface area (Å²) in [6, 6.07) is 0. The maximum atomic E-state index is 5.44. The van der Waals surface area contributed by atoms with E-state index in [1.807, 2.05) is 0 Å². The van der Waals surface area contributed by atoms with E-state index in [0.29, 0.717) is 6.42 Å². The van der Waals surface area contributed by atoms with Gasteiger partial charge in [0.2, 0.25) is 0 Å². The molecule has 0 aliphatic rings. The highest BCUT2D eigenvalue weighted by Crippen LogP contribution is 2.18. The highest BCUT2D eigenvalue weighted by atomic mass is 16.9. The molecule has 0 unspecified atom stereocenters. The lowest BCUT2D eigenvalue weighted by atomic mass is 10.3. The van der Waals surface area contributed by atoms with Gasteiger partial charge in [-0.2, -0.15) is 0 Å². The summed E-state index contributed by atoms with van der Waals surface area (Å²) in [7, 11) is 4.72. The van der Waals surface area contributed by atoms with Crippen LogP contribution in [0.4, 0.5) is 0 Å². The fourth-order valence-corrected chi connectivity index (χ4v) is 1.30. The predicted molar refractivity (Wildman–Crippen MR) is 58.7 cm³/mol. The minimum absolute atomic E-state index is 0.669. The SMILES string of the molecule is CCCCOCCCC(OC)(OC)OC. The molecule has 0 rings (SSSR count). The first-order chi connectivity index (χ1) is 7.24. The molecule has 0 aliphatic heterocycles. The Balaban J connectivity index is 3.54. The monoisotopic (exact) mass is 220 g/mol. The minimum atomic E-state index is -0.909. The minimum Gasteiger partial charge on any atom is -0.381 e. The Morgan fingerprint density at radius 1 is 0.867 bits per heavy atom. The van der Waals surface area contributed by atoms with E-state index in [9.17, 15) is 0 Å². The molecule has 0 radical (unpaired) electrons. The molecule has 0 amide bonds. The fourth-order valence-electron chi connectivity index (χ4n) is 1.30. The van der Waals surface area contributed by atoms with Gasteiger partial charge in [-0.3, -0.25) is 0 Å². The molecule has 4 heteroatoms. The first-order valence-electron chi connectivity index (χ1n) is 5.48. The second-order valence-electron chi connectivity index (χ2n) is 3.36. The van der Waals surface area contributed by atoms with Gasteiger partial charge in [-0.05, 0) is 12.8 Å². The van der Waals surface area contributed by atoms with Crippen LogP contribution in [0.1, 0.15) is 32.6 Å². The largest absolute Gasteiger partial charge is 0.381 e. The van der Waals surface area contributed by atoms with Gasteiger partial charge in [-0.25, -0.2) is 0 Å². The van der Waals surface area contributed by atoms with Crippen molar-refractivity contribution in [1.29, 1.82) is 0 Å². The van der Waals surface area contributed by atoms with Crippen molar-refractivity contribution in [3.63, 3.8) is 0 Å². The number of unbranched alkanes of at least 4 members (excludes halogenated alkanes) is 1. The van der Waals surface area contributed by atoms with Crippen molar-refractivity contribution in [2.24, 2.45) is 0 Å². The molecule has 0 heterocycles. The maximum Gasteiger partial charge on any atom is 0.282 e. The summed E-state index contributed by atoms with van der Waals surface area (Å²) < 4.78 is 20.9. The van der Waals surface area contributed by atoms with Crippen LogP contribution in [0, 0.1) is 0 Å². The first kappa shape index (κ1) is 14.8. The van der Waals surface area contributed by atoms with E-state index in [1.165, 1.54) is 0 Å². The zero-order valence-electron chi connectivity index (χ0n) is 10.4. The Morgan fingerprint density at radius 2 is 1.40 bits per heavy atom. The average Bonchev–Trinajstić information content (AvgIpc) is 2.29. The lowest BCUT2D eigenvalue weighted by Gasteiger charge is -2.28. The van der Waals surface area contributed by atoms with Crippen molar-refractivity contribution in [1.82, 2.24) is 0 Å². The second-order valence-corrected chi connectivity index (χ2v) is 3.36. The summed E-state index contributed by atoms with van der Waals surface area (Å²) in [5.74, 6) is -0.909. The summed E-state index contributed by atoms with van der Waals surface area (Å²) in [6.45, 7) is 3.70. The Kier molecular flexibility index (Phi) is 9.00. The summed E-state index contributed by atoms with van der Waals surface area (Å²) in [5, 5.41) is 0. The Morgan fingerprint density at radius 3 is 1.87 bits per heavy atom. The summed E-state index contributed by atoms with van der Waals surface area (Å²) >= 11 is 0. The number of ether oxygens (including phenoxy) is 4. The smallest absolute Gasteiger partial charge is 0.282 e.